The van der Waals surface area contributed by atoms with E-state index < -0.39 is 0 Å². The summed E-state index contributed by atoms with van der Waals surface area (Å²) in [5.74, 6) is 1.75. The quantitative estimate of drug-likeness (QED) is 0.889. The largest absolute Gasteiger partial charge is 0.394 e. The van der Waals surface area contributed by atoms with Gasteiger partial charge in [0.25, 0.3) is 0 Å². The van der Waals surface area contributed by atoms with Gasteiger partial charge in [-0.25, -0.2) is 0 Å². The Balaban J connectivity index is 2.07. The van der Waals surface area contributed by atoms with Crippen LogP contribution < -0.4 is 0 Å². The molecule has 1 aliphatic rings. The summed E-state index contributed by atoms with van der Waals surface area (Å²) in [6.07, 6.45) is 0. The van der Waals surface area contributed by atoms with Crippen molar-refractivity contribution >= 4 is 11.8 Å². The van der Waals surface area contributed by atoms with E-state index in [0.29, 0.717) is 5.92 Å². The molecule has 0 spiro atoms. The summed E-state index contributed by atoms with van der Waals surface area (Å²) < 4.78 is 0. The average Bonchev–Trinajstić information content (AvgIpc) is 2.73. The summed E-state index contributed by atoms with van der Waals surface area (Å²) in [6, 6.07) is 8.67. The number of hydrogen-bond donors (Lipinski definition) is 1. The van der Waals surface area contributed by atoms with Crippen molar-refractivity contribution in [2.45, 2.75) is 30.2 Å². The van der Waals surface area contributed by atoms with Crippen molar-refractivity contribution in [3.05, 3.63) is 29.8 Å². The van der Waals surface area contributed by atoms with Crippen LogP contribution in [-0.4, -0.2) is 41.5 Å². The molecule has 1 unspecified atom stereocenters. The van der Waals surface area contributed by atoms with Crippen molar-refractivity contribution < 1.29 is 5.11 Å². The van der Waals surface area contributed by atoms with Gasteiger partial charge in [-0.15, -0.1) is 11.8 Å². The van der Waals surface area contributed by atoms with E-state index in [1.807, 2.05) is 11.8 Å². The van der Waals surface area contributed by atoms with Gasteiger partial charge < -0.3 is 5.11 Å². The first-order valence-corrected chi connectivity index (χ1v) is 7.07. The fraction of sp³-hybridized carbons (Fsp3) is 0.571. The second-order valence-electron chi connectivity index (χ2n) is 5.40. The predicted octanol–water partition coefficient (Wildman–Crippen LogP) is 2.58. The van der Waals surface area contributed by atoms with Crippen LogP contribution in [0.4, 0.5) is 0 Å². The molecule has 0 saturated heterocycles. The predicted molar refractivity (Wildman–Crippen MR) is 73.7 cm³/mol. The molecular formula is C14H21NOS. The Hall–Kier alpha value is -0.510. The maximum absolute atomic E-state index is 9.39. The first kappa shape index (κ1) is 12.9. The molecule has 1 aliphatic heterocycles. The number of fused-ring (bicyclic) bond motifs is 1. The Labute approximate surface area is 108 Å². The molecule has 94 valence electrons. The lowest BCUT2D eigenvalue weighted by atomic mass is 9.97. The van der Waals surface area contributed by atoms with Crippen molar-refractivity contribution in [2.75, 3.05) is 26.0 Å². The smallest absolute Gasteiger partial charge is 0.0609 e. The number of benzene rings is 1. The standard InChI is InChI=1S/C14H21NOS/c1-14(2,10-16)15(3)8-11-9-17-13-7-5-4-6-12(11)13/h4-7,11,16H,8-10H2,1-3H3. The van der Waals surface area contributed by atoms with Gasteiger partial charge in [-0.1, -0.05) is 18.2 Å². The molecule has 17 heavy (non-hydrogen) atoms. The molecule has 0 bridgehead atoms. The Morgan fingerprint density at radius 3 is 2.82 bits per heavy atom. The van der Waals surface area contributed by atoms with E-state index in [1.165, 1.54) is 10.5 Å². The van der Waals surface area contributed by atoms with Crippen molar-refractivity contribution in [3.8, 4) is 0 Å². The lowest BCUT2D eigenvalue weighted by molar-refractivity contribution is 0.0757. The molecule has 0 fully saturated rings. The normalized spacial score (nSPS) is 19.7. The molecular weight excluding hydrogens is 230 g/mol. The zero-order valence-corrected chi connectivity index (χ0v) is 11.6. The van der Waals surface area contributed by atoms with Crippen LogP contribution in [0.5, 0.6) is 0 Å². The highest BCUT2D eigenvalue weighted by molar-refractivity contribution is 7.99. The van der Waals surface area contributed by atoms with Crippen LogP contribution in [0.3, 0.4) is 0 Å². The van der Waals surface area contributed by atoms with Gasteiger partial charge >= 0.3 is 0 Å². The molecule has 1 atom stereocenters. The lowest BCUT2D eigenvalue weighted by Crippen LogP contribution is -2.46. The molecule has 0 amide bonds. The van der Waals surface area contributed by atoms with E-state index in [1.54, 1.807) is 0 Å². The molecule has 3 heteroatoms. The maximum atomic E-state index is 9.39. The fourth-order valence-electron chi connectivity index (χ4n) is 2.08. The third-order valence-electron chi connectivity index (χ3n) is 3.71. The SMILES string of the molecule is CN(CC1CSc2ccccc21)C(C)(C)CO. The Bertz CT molecular complexity index is 392. The van der Waals surface area contributed by atoms with Crippen LogP contribution in [0.15, 0.2) is 29.2 Å². The summed E-state index contributed by atoms with van der Waals surface area (Å²) in [5, 5.41) is 9.39. The van der Waals surface area contributed by atoms with Crippen molar-refractivity contribution in [2.24, 2.45) is 0 Å². The molecule has 0 radical (unpaired) electrons. The third-order valence-corrected chi connectivity index (χ3v) is 4.97. The number of nitrogens with zero attached hydrogens (tertiary/aromatic N) is 1. The molecule has 2 nitrogen and oxygen atoms in total. The van der Waals surface area contributed by atoms with E-state index in [2.05, 4.69) is 50.1 Å². The highest BCUT2D eigenvalue weighted by atomic mass is 32.2. The minimum Gasteiger partial charge on any atom is -0.394 e. The Morgan fingerprint density at radius 1 is 1.41 bits per heavy atom. The van der Waals surface area contributed by atoms with Gasteiger partial charge in [-0.2, -0.15) is 0 Å². The lowest BCUT2D eigenvalue weighted by Gasteiger charge is -2.35. The molecule has 1 aromatic carbocycles. The van der Waals surface area contributed by atoms with E-state index in [9.17, 15) is 5.11 Å². The zero-order chi connectivity index (χ0) is 12.5. The number of hydrogen-bond acceptors (Lipinski definition) is 3. The first-order valence-electron chi connectivity index (χ1n) is 6.08. The van der Waals surface area contributed by atoms with Crippen molar-refractivity contribution in [3.63, 3.8) is 0 Å². The number of thioether (sulfide) groups is 1. The highest BCUT2D eigenvalue weighted by Gasteiger charge is 2.29. The number of likely N-dealkylation sites (N-methyl/N-ethyl adjacent to an activating group) is 1. The molecule has 0 saturated carbocycles. The summed E-state index contributed by atoms with van der Waals surface area (Å²) in [4.78, 5) is 3.69. The highest BCUT2D eigenvalue weighted by Crippen LogP contribution is 2.39. The number of aliphatic hydroxyl groups excluding tert-OH is 1. The van der Waals surface area contributed by atoms with E-state index >= 15 is 0 Å². The second kappa shape index (κ2) is 5.01. The van der Waals surface area contributed by atoms with Crippen LogP contribution in [0.2, 0.25) is 0 Å². The molecule has 0 aromatic heterocycles. The van der Waals surface area contributed by atoms with Crippen molar-refractivity contribution in [1.29, 1.82) is 0 Å². The van der Waals surface area contributed by atoms with E-state index in [4.69, 9.17) is 0 Å². The summed E-state index contributed by atoms with van der Waals surface area (Å²) in [6.45, 7) is 5.38. The van der Waals surface area contributed by atoms with E-state index in [-0.39, 0.29) is 12.1 Å². The average molecular weight is 251 g/mol. The fourth-order valence-corrected chi connectivity index (χ4v) is 3.32. The van der Waals surface area contributed by atoms with Gasteiger partial charge in [-0.3, -0.25) is 4.90 Å². The van der Waals surface area contributed by atoms with Crippen molar-refractivity contribution in [1.82, 2.24) is 4.90 Å². The molecule has 1 aromatic rings. The molecule has 1 heterocycles. The van der Waals surface area contributed by atoms with Gasteiger partial charge in [0.05, 0.1) is 6.61 Å². The molecule has 0 aliphatic carbocycles. The van der Waals surface area contributed by atoms with Crippen LogP contribution in [-0.2, 0) is 0 Å². The van der Waals surface area contributed by atoms with Gasteiger partial charge in [0.2, 0.25) is 0 Å². The zero-order valence-electron chi connectivity index (χ0n) is 10.8. The summed E-state index contributed by atoms with van der Waals surface area (Å²) in [7, 11) is 2.10. The molecule has 1 N–H and O–H groups in total. The third kappa shape index (κ3) is 2.67. The van der Waals surface area contributed by atoms with Gasteiger partial charge in [0.15, 0.2) is 0 Å². The minimum absolute atomic E-state index is 0.137. The van der Waals surface area contributed by atoms with Crippen LogP contribution in [0.1, 0.15) is 25.3 Å². The van der Waals surface area contributed by atoms with Gasteiger partial charge in [0, 0.05) is 28.6 Å². The van der Waals surface area contributed by atoms with E-state index in [0.717, 1.165) is 12.3 Å². The van der Waals surface area contributed by atoms with Crippen LogP contribution >= 0.6 is 11.8 Å². The topological polar surface area (TPSA) is 23.5 Å². The maximum Gasteiger partial charge on any atom is 0.0609 e. The number of aliphatic hydroxyl groups is 1. The Morgan fingerprint density at radius 2 is 2.12 bits per heavy atom. The molecule has 2 rings (SSSR count). The van der Waals surface area contributed by atoms with Gasteiger partial charge in [-0.05, 0) is 32.5 Å². The summed E-state index contributed by atoms with van der Waals surface area (Å²) >= 11 is 1.95. The summed E-state index contributed by atoms with van der Waals surface area (Å²) in [5.41, 5.74) is 1.33. The second-order valence-corrected chi connectivity index (χ2v) is 6.46. The van der Waals surface area contributed by atoms with Gasteiger partial charge in [0.1, 0.15) is 0 Å². The minimum atomic E-state index is -0.137. The Kier molecular flexibility index (Phi) is 3.81. The number of rotatable bonds is 4. The van der Waals surface area contributed by atoms with Crippen LogP contribution in [0.25, 0.3) is 0 Å². The van der Waals surface area contributed by atoms with Crippen LogP contribution in [0, 0.1) is 0 Å². The first-order chi connectivity index (χ1) is 8.04. The monoisotopic (exact) mass is 251 g/mol.